The number of alkyl halides is 3. The number of allylic oxidation sites excluding steroid dienone is 1. The summed E-state index contributed by atoms with van der Waals surface area (Å²) in [5.41, 5.74) is 0.959. The van der Waals surface area contributed by atoms with Crippen molar-refractivity contribution in [3.05, 3.63) is 59.4 Å². The number of amides is 1. The van der Waals surface area contributed by atoms with Gasteiger partial charge in [0.05, 0.1) is 17.3 Å². The van der Waals surface area contributed by atoms with Crippen LogP contribution in [0.3, 0.4) is 0 Å². The lowest BCUT2D eigenvalue weighted by Gasteiger charge is -2.27. The van der Waals surface area contributed by atoms with Crippen molar-refractivity contribution in [2.45, 2.75) is 25.6 Å². The summed E-state index contributed by atoms with van der Waals surface area (Å²) in [7, 11) is 0. The highest BCUT2D eigenvalue weighted by molar-refractivity contribution is 6.04. The van der Waals surface area contributed by atoms with Gasteiger partial charge in [-0.2, -0.15) is 13.2 Å². The predicted molar refractivity (Wildman–Crippen MR) is 99.1 cm³/mol. The molecule has 1 aliphatic heterocycles. The molecule has 0 unspecified atom stereocenters. The molecule has 0 saturated heterocycles. The average molecular weight is 394 g/mol. The van der Waals surface area contributed by atoms with E-state index in [2.05, 4.69) is 10.6 Å². The van der Waals surface area contributed by atoms with Crippen molar-refractivity contribution >= 4 is 23.4 Å². The summed E-state index contributed by atoms with van der Waals surface area (Å²) >= 11 is 0. The second kappa shape index (κ2) is 7.92. The van der Waals surface area contributed by atoms with Gasteiger partial charge in [0.25, 0.3) is 5.91 Å². The zero-order chi connectivity index (χ0) is 20.3. The van der Waals surface area contributed by atoms with Crippen molar-refractivity contribution in [1.29, 1.82) is 0 Å². The first-order valence-corrected chi connectivity index (χ1v) is 8.65. The van der Waals surface area contributed by atoms with E-state index in [0.29, 0.717) is 18.0 Å². The van der Waals surface area contributed by atoms with Crippen LogP contribution in [-0.4, -0.2) is 24.7 Å². The summed E-state index contributed by atoms with van der Waals surface area (Å²) in [6.45, 7) is 2.54. The Morgan fingerprint density at radius 2 is 2.07 bits per heavy atom. The van der Waals surface area contributed by atoms with Crippen LogP contribution in [0.25, 0.3) is 6.08 Å². The molecule has 0 radical (unpaired) electrons. The van der Waals surface area contributed by atoms with E-state index < -0.39 is 17.9 Å². The first-order chi connectivity index (χ1) is 13.2. The molecular formula is C20H18F4N2O2. The number of anilines is 2. The molecule has 1 aliphatic rings. The summed E-state index contributed by atoms with van der Waals surface area (Å²) in [4.78, 5) is 12.3. The fourth-order valence-corrected chi connectivity index (χ4v) is 2.72. The van der Waals surface area contributed by atoms with Gasteiger partial charge in [0.2, 0.25) is 0 Å². The second-order valence-electron chi connectivity index (χ2n) is 6.34. The SMILES string of the molecule is CC[C@H]1COc2cc(NC(=O)c3ccc(/C=C/C(F)(F)F)cc3F)ccc2N1. The molecule has 2 aromatic carbocycles. The van der Waals surface area contributed by atoms with Gasteiger partial charge < -0.3 is 15.4 Å². The third-order valence-electron chi connectivity index (χ3n) is 4.23. The second-order valence-corrected chi connectivity index (χ2v) is 6.34. The Morgan fingerprint density at radius 1 is 1.29 bits per heavy atom. The molecule has 0 spiro atoms. The third-order valence-corrected chi connectivity index (χ3v) is 4.23. The standard InChI is InChI=1S/C20H18F4N2O2/c1-2-13-11-28-18-10-14(4-6-17(18)25-13)26-19(27)15-5-3-12(9-16(15)21)7-8-20(22,23)24/h3-10,13,25H,2,11H2,1H3,(H,26,27)/b8-7+/t13-/m0/s1. The maximum Gasteiger partial charge on any atom is 0.409 e. The van der Waals surface area contributed by atoms with E-state index >= 15 is 0 Å². The number of ether oxygens (including phenoxy) is 1. The van der Waals surface area contributed by atoms with Crippen LogP contribution in [0.2, 0.25) is 0 Å². The Balaban J connectivity index is 1.72. The highest BCUT2D eigenvalue weighted by Crippen LogP contribution is 2.32. The summed E-state index contributed by atoms with van der Waals surface area (Å²) in [6, 6.07) is 8.52. The van der Waals surface area contributed by atoms with E-state index in [-0.39, 0.29) is 23.2 Å². The molecule has 0 fully saturated rings. The number of carbonyl (C=O) groups excluding carboxylic acids is 1. The molecule has 3 rings (SSSR count). The lowest BCUT2D eigenvalue weighted by atomic mass is 10.1. The van der Waals surface area contributed by atoms with Crippen LogP contribution in [0.5, 0.6) is 5.75 Å². The minimum Gasteiger partial charge on any atom is -0.489 e. The lowest BCUT2D eigenvalue weighted by molar-refractivity contribution is -0.0790. The first kappa shape index (κ1) is 19.7. The highest BCUT2D eigenvalue weighted by Gasteiger charge is 2.22. The smallest absolute Gasteiger partial charge is 0.409 e. The van der Waals surface area contributed by atoms with Crippen molar-refractivity contribution in [2.75, 3.05) is 17.2 Å². The van der Waals surface area contributed by atoms with Crippen molar-refractivity contribution in [3.8, 4) is 5.75 Å². The normalized spacial score (nSPS) is 16.2. The summed E-state index contributed by atoms with van der Waals surface area (Å²) in [5, 5.41) is 5.88. The number of carbonyl (C=O) groups is 1. The summed E-state index contributed by atoms with van der Waals surface area (Å²) < 4.78 is 56.4. The Morgan fingerprint density at radius 3 is 2.75 bits per heavy atom. The molecule has 148 valence electrons. The molecule has 28 heavy (non-hydrogen) atoms. The van der Waals surface area contributed by atoms with Crippen LogP contribution in [0.15, 0.2) is 42.5 Å². The van der Waals surface area contributed by atoms with Crippen LogP contribution >= 0.6 is 0 Å². The monoisotopic (exact) mass is 394 g/mol. The number of halogens is 4. The van der Waals surface area contributed by atoms with Crippen LogP contribution < -0.4 is 15.4 Å². The zero-order valence-electron chi connectivity index (χ0n) is 14.9. The van der Waals surface area contributed by atoms with Crippen LogP contribution in [-0.2, 0) is 0 Å². The van der Waals surface area contributed by atoms with Crippen molar-refractivity contribution < 1.29 is 27.1 Å². The largest absolute Gasteiger partial charge is 0.489 e. The molecule has 1 amide bonds. The molecule has 0 aliphatic carbocycles. The summed E-state index contributed by atoms with van der Waals surface area (Å²) in [6.07, 6.45) is -2.84. The van der Waals surface area contributed by atoms with Gasteiger partial charge in [0.15, 0.2) is 0 Å². The minimum absolute atomic E-state index is 0.00473. The maximum absolute atomic E-state index is 14.2. The Bertz CT molecular complexity index is 910. The van der Waals surface area contributed by atoms with Crippen molar-refractivity contribution in [2.24, 2.45) is 0 Å². The quantitative estimate of drug-likeness (QED) is 0.698. The number of fused-ring (bicyclic) bond motifs is 1. The number of rotatable bonds is 4. The van der Waals surface area contributed by atoms with Gasteiger partial charge in [-0.15, -0.1) is 0 Å². The number of nitrogens with one attached hydrogen (secondary N) is 2. The Kier molecular flexibility index (Phi) is 5.58. The lowest BCUT2D eigenvalue weighted by Crippen LogP contribution is -2.30. The first-order valence-electron chi connectivity index (χ1n) is 8.65. The maximum atomic E-state index is 14.2. The van der Waals surface area contributed by atoms with Gasteiger partial charge in [-0.25, -0.2) is 4.39 Å². The van der Waals surface area contributed by atoms with Gasteiger partial charge in [-0.05, 0) is 42.3 Å². The van der Waals surface area contributed by atoms with Gasteiger partial charge in [-0.1, -0.05) is 13.0 Å². The number of hydrogen-bond donors (Lipinski definition) is 2. The van der Waals surface area contributed by atoms with Gasteiger partial charge in [-0.3, -0.25) is 4.79 Å². The zero-order valence-corrected chi connectivity index (χ0v) is 14.9. The van der Waals surface area contributed by atoms with E-state index in [1.54, 1.807) is 18.2 Å². The molecule has 1 atom stereocenters. The van der Waals surface area contributed by atoms with Crippen LogP contribution in [0.4, 0.5) is 28.9 Å². The van der Waals surface area contributed by atoms with E-state index in [4.69, 9.17) is 4.74 Å². The average Bonchev–Trinajstić information content (AvgIpc) is 2.65. The fraction of sp³-hybridized carbons (Fsp3) is 0.250. The van der Waals surface area contributed by atoms with E-state index in [9.17, 15) is 22.4 Å². The van der Waals surface area contributed by atoms with Crippen LogP contribution in [0, 0.1) is 5.82 Å². The van der Waals surface area contributed by atoms with E-state index in [1.807, 2.05) is 6.92 Å². The Labute approximate surface area is 159 Å². The fourth-order valence-electron chi connectivity index (χ4n) is 2.72. The molecular weight excluding hydrogens is 376 g/mol. The predicted octanol–water partition coefficient (Wildman–Crippen LogP) is 5.24. The highest BCUT2D eigenvalue weighted by atomic mass is 19.4. The van der Waals surface area contributed by atoms with Crippen LogP contribution in [0.1, 0.15) is 29.3 Å². The third kappa shape index (κ3) is 4.82. The van der Waals surface area contributed by atoms with Gasteiger partial charge in [0.1, 0.15) is 18.2 Å². The van der Waals surface area contributed by atoms with Crippen molar-refractivity contribution in [1.82, 2.24) is 0 Å². The number of hydrogen-bond acceptors (Lipinski definition) is 3. The topological polar surface area (TPSA) is 50.4 Å². The Hall–Kier alpha value is -3.03. The van der Waals surface area contributed by atoms with E-state index in [1.165, 1.54) is 6.07 Å². The molecule has 8 heteroatoms. The molecule has 0 aromatic heterocycles. The number of benzene rings is 2. The molecule has 2 aromatic rings. The van der Waals surface area contributed by atoms with Gasteiger partial charge >= 0.3 is 6.18 Å². The molecule has 2 N–H and O–H groups in total. The van der Waals surface area contributed by atoms with E-state index in [0.717, 1.165) is 30.3 Å². The van der Waals surface area contributed by atoms with Gasteiger partial charge in [0, 0.05) is 17.8 Å². The van der Waals surface area contributed by atoms with Crippen molar-refractivity contribution in [3.63, 3.8) is 0 Å². The molecule has 4 nitrogen and oxygen atoms in total. The minimum atomic E-state index is -4.49. The molecule has 0 bridgehead atoms. The summed E-state index contributed by atoms with van der Waals surface area (Å²) in [5.74, 6) is -1.04. The molecule has 1 heterocycles. The molecule has 0 saturated carbocycles.